The Balaban J connectivity index is 2.23. The molecular formula is C12H17ClN2. The van der Waals surface area contributed by atoms with Crippen molar-refractivity contribution in [3.63, 3.8) is 0 Å². The predicted molar refractivity (Wildman–Crippen MR) is 66.0 cm³/mol. The zero-order valence-electron chi connectivity index (χ0n) is 9.26. The minimum absolute atomic E-state index is 0.621. The van der Waals surface area contributed by atoms with E-state index in [-0.39, 0.29) is 0 Å². The van der Waals surface area contributed by atoms with Crippen molar-refractivity contribution in [2.75, 3.05) is 32.1 Å². The summed E-state index contributed by atoms with van der Waals surface area (Å²) in [4.78, 5) is 2.31. The molecule has 0 amide bonds. The van der Waals surface area contributed by atoms with Gasteiger partial charge >= 0.3 is 0 Å². The molecule has 1 unspecified atom stereocenters. The van der Waals surface area contributed by atoms with Crippen LogP contribution in [0, 0.1) is 0 Å². The van der Waals surface area contributed by atoms with Gasteiger partial charge in [0.25, 0.3) is 0 Å². The van der Waals surface area contributed by atoms with Gasteiger partial charge in [-0.25, -0.2) is 0 Å². The van der Waals surface area contributed by atoms with Crippen LogP contribution in [0.5, 0.6) is 0 Å². The number of halogens is 1. The Bertz CT molecular complexity index is 351. The van der Waals surface area contributed by atoms with Gasteiger partial charge in [0.15, 0.2) is 0 Å². The van der Waals surface area contributed by atoms with E-state index in [1.165, 1.54) is 17.7 Å². The largest absolute Gasteiger partial charge is 0.374 e. The van der Waals surface area contributed by atoms with E-state index in [0.29, 0.717) is 5.92 Å². The van der Waals surface area contributed by atoms with Crippen molar-refractivity contribution < 1.29 is 0 Å². The summed E-state index contributed by atoms with van der Waals surface area (Å²) in [6, 6.07) is 6.20. The topological polar surface area (TPSA) is 15.3 Å². The van der Waals surface area contributed by atoms with Crippen molar-refractivity contribution in [3.8, 4) is 0 Å². The molecule has 1 heterocycles. The lowest BCUT2D eigenvalue weighted by Gasteiger charge is -2.12. The van der Waals surface area contributed by atoms with Crippen molar-refractivity contribution >= 4 is 17.3 Å². The number of fused-ring (bicyclic) bond motifs is 1. The summed E-state index contributed by atoms with van der Waals surface area (Å²) in [5, 5.41) is 4.05. The van der Waals surface area contributed by atoms with Crippen LogP contribution >= 0.6 is 11.6 Å². The van der Waals surface area contributed by atoms with E-state index in [4.69, 9.17) is 11.6 Å². The van der Waals surface area contributed by atoms with Crippen molar-refractivity contribution in [2.45, 2.75) is 12.3 Å². The van der Waals surface area contributed by atoms with Gasteiger partial charge in [0, 0.05) is 30.2 Å². The standard InChI is InChI=1S/C12H17ClN2/c1-14-6-5-9-8-15(2)12-4-3-10(13)7-11(9)12/h3-4,7,9,14H,5-6,8H2,1-2H3. The van der Waals surface area contributed by atoms with E-state index in [2.05, 4.69) is 29.4 Å². The van der Waals surface area contributed by atoms with Gasteiger partial charge in [-0.3, -0.25) is 0 Å². The summed E-state index contributed by atoms with van der Waals surface area (Å²) in [6.45, 7) is 2.17. The third-order valence-electron chi connectivity index (χ3n) is 3.08. The molecule has 0 saturated carbocycles. The summed E-state index contributed by atoms with van der Waals surface area (Å²) >= 11 is 6.04. The van der Waals surface area contributed by atoms with Crippen molar-refractivity contribution in [2.24, 2.45) is 0 Å². The van der Waals surface area contributed by atoms with Crippen LogP contribution in [0.2, 0.25) is 5.02 Å². The highest BCUT2D eigenvalue weighted by Crippen LogP contribution is 2.38. The molecule has 0 spiro atoms. The molecule has 0 fully saturated rings. The first kappa shape index (κ1) is 10.8. The Morgan fingerprint density at radius 1 is 1.53 bits per heavy atom. The Hall–Kier alpha value is -0.730. The third-order valence-corrected chi connectivity index (χ3v) is 3.31. The first-order chi connectivity index (χ1) is 7.22. The molecule has 1 N–H and O–H groups in total. The molecule has 1 atom stereocenters. The van der Waals surface area contributed by atoms with Crippen LogP contribution in [0.3, 0.4) is 0 Å². The molecule has 1 aromatic carbocycles. The molecule has 2 nitrogen and oxygen atoms in total. The maximum Gasteiger partial charge on any atom is 0.0410 e. The summed E-state index contributed by atoms with van der Waals surface area (Å²) in [5.74, 6) is 0.621. The third kappa shape index (κ3) is 2.11. The number of rotatable bonds is 3. The van der Waals surface area contributed by atoms with Gasteiger partial charge in [-0.2, -0.15) is 0 Å². The summed E-state index contributed by atoms with van der Waals surface area (Å²) < 4.78 is 0. The molecule has 1 aromatic rings. The molecule has 0 aliphatic carbocycles. The van der Waals surface area contributed by atoms with Gasteiger partial charge in [-0.15, -0.1) is 0 Å². The fourth-order valence-electron chi connectivity index (χ4n) is 2.29. The number of hydrogen-bond acceptors (Lipinski definition) is 2. The van der Waals surface area contributed by atoms with E-state index >= 15 is 0 Å². The van der Waals surface area contributed by atoms with E-state index in [0.717, 1.165) is 18.1 Å². The second-order valence-electron chi connectivity index (χ2n) is 4.17. The average molecular weight is 225 g/mol. The summed E-state index contributed by atoms with van der Waals surface area (Å²) in [6.07, 6.45) is 1.17. The maximum absolute atomic E-state index is 6.04. The highest BCUT2D eigenvalue weighted by atomic mass is 35.5. The molecule has 1 aliphatic rings. The SMILES string of the molecule is CNCCC1CN(C)c2ccc(Cl)cc21. The molecule has 2 rings (SSSR count). The first-order valence-corrected chi connectivity index (χ1v) is 5.75. The lowest BCUT2D eigenvalue weighted by atomic mass is 9.98. The number of benzene rings is 1. The van der Waals surface area contributed by atoms with Gasteiger partial charge in [0.1, 0.15) is 0 Å². The highest BCUT2D eigenvalue weighted by molar-refractivity contribution is 6.30. The van der Waals surface area contributed by atoms with Gasteiger partial charge in [-0.1, -0.05) is 11.6 Å². The van der Waals surface area contributed by atoms with Crippen LogP contribution in [0.1, 0.15) is 17.9 Å². The van der Waals surface area contributed by atoms with Gasteiger partial charge in [0.2, 0.25) is 0 Å². The zero-order chi connectivity index (χ0) is 10.8. The fourth-order valence-corrected chi connectivity index (χ4v) is 2.47. The lowest BCUT2D eigenvalue weighted by molar-refractivity contribution is 0.618. The Morgan fingerprint density at radius 3 is 3.07 bits per heavy atom. The smallest absolute Gasteiger partial charge is 0.0410 e. The number of likely N-dealkylation sites (N-methyl/N-ethyl adjacent to an activating group) is 1. The van der Waals surface area contributed by atoms with Gasteiger partial charge < -0.3 is 10.2 Å². The van der Waals surface area contributed by atoms with Crippen LogP contribution in [0.25, 0.3) is 0 Å². The van der Waals surface area contributed by atoms with E-state index in [9.17, 15) is 0 Å². The molecule has 3 heteroatoms. The molecule has 0 radical (unpaired) electrons. The number of hydrogen-bond donors (Lipinski definition) is 1. The first-order valence-electron chi connectivity index (χ1n) is 5.37. The van der Waals surface area contributed by atoms with Crippen LogP contribution in [0.4, 0.5) is 5.69 Å². The van der Waals surface area contributed by atoms with Crippen LogP contribution in [-0.2, 0) is 0 Å². The van der Waals surface area contributed by atoms with E-state index < -0.39 is 0 Å². The van der Waals surface area contributed by atoms with Crippen LogP contribution in [-0.4, -0.2) is 27.2 Å². The second kappa shape index (κ2) is 4.42. The predicted octanol–water partition coefficient (Wildman–Crippen LogP) is 2.48. The lowest BCUT2D eigenvalue weighted by Crippen LogP contribution is -2.18. The molecule has 82 valence electrons. The molecular weight excluding hydrogens is 208 g/mol. The van der Waals surface area contributed by atoms with Crippen molar-refractivity contribution in [1.82, 2.24) is 5.32 Å². The van der Waals surface area contributed by atoms with Gasteiger partial charge in [0.05, 0.1) is 0 Å². The fraction of sp³-hybridized carbons (Fsp3) is 0.500. The zero-order valence-corrected chi connectivity index (χ0v) is 10.0. The minimum Gasteiger partial charge on any atom is -0.374 e. The Labute approximate surface area is 96.2 Å². The summed E-state index contributed by atoms with van der Waals surface area (Å²) in [5.41, 5.74) is 2.74. The van der Waals surface area contributed by atoms with E-state index in [1.807, 2.05) is 13.1 Å². The normalized spacial score (nSPS) is 19.4. The van der Waals surface area contributed by atoms with E-state index in [1.54, 1.807) is 0 Å². The highest BCUT2D eigenvalue weighted by Gasteiger charge is 2.25. The maximum atomic E-state index is 6.04. The van der Waals surface area contributed by atoms with Crippen molar-refractivity contribution in [3.05, 3.63) is 28.8 Å². The quantitative estimate of drug-likeness (QED) is 0.849. The molecule has 15 heavy (non-hydrogen) atoms. The molecule has 0 saturated heterocycles. The monoisotopic (exact) mass is 224 g/mol. The van der Waals surface area contributed by atoms with Crippen LogP contribution in [0.15, 0.2) is 18.2 Å². The minimum atomic E-state index is 0.621. The second-order valence-corrected chi connectivity index (χ2v) is 4.61. The number of nitrogens with zero attached hydrogens (tertiary/aromatic N) is 1. The number of anilines is 1. The average Bonchev–Trinajstić information content (AvgIpc) is 2.52. The molecule has 0 bridgehead atoms. The van der Waals surface area contributed by atoms with Gasteiger partial charge in [-0.05, 0) is 43.8 Å². The molecule has 1 aliphatic heterocycles. The summed E-state index contributed by atoms with van der Waals surface area (Å²) in [7, 11) is 4.14. The Kier molecular flexibility index (Phi) is 3.17. The van der Waals surface area contributed by atoms with Crippen LogP contribution < -0.4 is 10.2 Å². The Morgan fingerprint density at radius 2 is 2.33 bits per heavy atom. The number of nitrogens with one attached hydrogen (secondary N) is 1. The van der Waals surface area contributed by atoms with Crippen molar-refractivity contribution in [1.29, 1.82) is 0 Å². The molecule has 0 aromatic heterocycles.